The Hall–Kier alpha value is -2.33. The van der Waals surface area contributed by atoms with Crippen LogP contribution in [-0.2, 0) is 15.6 Å². The van der Waals surface area contributed by atoms with Crippen molar-refractivity contribution in [3.05, 3.63) is 70.5 Å². The molecular weight excluding hydrogens is 371 g/mol. The van der Waals surface area contributed by atoms with E-state index in [-0.39, 0.29) is 18.0 Å². The van der Waals surface area contributed by atoms with Gasteiger partial charge in [-0.25, -0.2) is 4.39 Å². The molecule has 1 unspecified atom stereocenters. The number of benzene rings is 2. The molecule has 2 aromatic rings. The number of carbonyl (C=O) groups excluding carboxylic acids is 1. The molecule has 0 bridgehead atoms. The summed E-state index contributed by atoms with van der Waals surface area (Å²) in [4.78, 5) is 13.4. The van der Waals surface area contributed by atoms with E-state index in [1.165, 1.54) is 12.1 Å². The van der Waals surface area contributed by atoms with Crippen molar-refractivity contribution < 1.29 is 13.4 Å². The summed E-state index contributed by atoms with van der Waals surface area (Å²) in [6, 6.07) is 12.3. The molecule has 0 aliphatic heterocycles. The molecule has 0 saturated carbocycles. The van der Waals surface area contributed by atoms with Crippen LogP contribution in [0, 0.1) is 11.2 Å². The first kappa shape index (κ1) is 20.4. The first-order valence-electron chi connectivity index (χ1n) is 9.27. The molecule has 2 nitrogen and oxygen atoms in total. The summed E-state index contributed by atoms with van der Waals surface area (Å²) in [7, 11) is -1.02. The number of fused-ring (bicyclic) bond motifs is 1. The normalized spacial score (nSPS) is 16.4. The molecule has 1 atom stereocenters. The average molecular weight is 397 g/mol. The van der Waals surface area contributed by atoms with Crippen LogP contribution in [0.15, 0.2) is 52.9 Å². The van der Waals surface area contributed by atoms with Crippen LogP contribution in [0.5, 0.6) is 0 Å². The van der Waals surface area contributed by atoms with E-state index in [0.29, 0.717) is 0 Å². The summed E-state index contributed by atoms with van der Waals surface area (Å²) in [6.07, 6.45) is 3.99. The van der Waals surface area contributed by atoms with Gasteiger partial charge in [-0.1, -0.05) is 39.0 Å². The van der Waals surface area contributed by atoms with Crippen molar-refractivity contribution in [2.45, 2.75) is 39.0 Å². The molecule has 1 aliphatic carbocycles. The summed E-state index contributed by atoms with van der Waals surface area (Å²) >= 11 is 0. The Bertz CT molecular complexity index is 1020. The Kier molecular flexibility index (Phi) is 5.53. The first-order chi connectivity index (χ1) is 13.1. The van der Waals surface area contributed by atoms with Gasteiger partial charge in [0.05, 0.1) is 0 Å². The molecule has 0 radical (unpaired) electrons. The van der Waals surface area contributed by atoms with E-state index >= 15 is 0 Å². The number of Topliss-reactive ketones (excluding diaryl/α,β-unsaturated/α-hetero) is 1. The van der Waals surface area contributed by atoms with Crippen molar-refractivity contribution in [1.29, 1.82) is 0 Å². The highest BCUT2D eigenvalue weighted by Gasteiger charge is 2.29. The van der Waals surface area contributed by atoms with Crippen molar-refractivity contribution in [1.82, 2.24) is 0 Å². The zero-order chi connectivity index (χ0) is 20.6. The summed E-state index contributed by atoms with van der Waals surface area (Å²) in [5.74, 6) is -0.170. The molecule has 4 heteroatoms. The second kappa shape index (κ2) is 7.59. The van der Waals surface area contributed by atoms with Gasteiger partial charge >= 0.3 is 0 Å². The molecule has 146 valence electrons. The van der Waals surface area contributed by atoms with Crippen LogP contribution in [0.1, 0.15) is 50.8 Å². The number of ketones is 1. The van der Waals surface area contributed by atoms with E-state index in [0.717, 1.165) is 38.3 Å². The van der Waals surface area contributed by atoms with Gasteiger partial charge < -0.3 is 0 Å². The molecule has 0 amide bonds. The van der Waals surface area contributed by atoms with Gasteiger partial charge in [0.2, 0.25) is 0 Å². The van der Waals surface area contributed by atoms with Crippen molar-refractivity contribution in [3.8, 4) is 0 Å². The molecular formula is C24H25FO2S. The molecule has 0 saturated heterocycles. The number of hydrogen-bond acceptors (Lipinski definition) is 2. The number of rotatable bonds is 4. The Labute approximate surface area is 168 Å². The molecule has 3 rings (SSSR count). The standard InChI is InChI=1S/C24H25FO2S/c1-15-20(12-16-6-9-18(10-7-16)28(5)27)19-11-8-17(25)13-22(19)21(15)14-23(26)24(2,3)4/h6-13H,14H2,1-5H3/b20-12-. The summed E-state index contributed by atoms with van der Waals surface area (Å²) < 4.78 is 25.5. The minimum Gasteiger partial charge on any atom is -0.299 e. The Morgan fingerprint density at radius 1 is 1.07 bits per heavy atom. The third-order valence-corrected chi connectivity index (χ3v) is 6.09. The maximum absolute atomic E-state index is 14.0. The van der Waals surface area contributed by atoms with Gasteiger partial charge in [0.15, 0.2) is 0 Å². The van der Waals surface area contributed by atoms with Crippen molar-refractivity contribution in [2.24, 2.45) is 5.41 Å². The Morgan fingerprint density at radius 2 is 1.71 bits per heavy atom. The first-order valence-corrected chi connectivity index (χ1v) is 10.8. The molecule has 0 N–H and O–H groups in total. The maximum atomic E-state index is 14.0. The van der Waals surface area contributed by atoms with Gasteiger partial charge in [-0.3, -0.25) is 9.00 Å². The fourth-order valence-corrected chi connectivity index (χ4v) is 3.85. The van der Waals surface area contributed by atoms with E-state index < -0.39 is 16.2 Å². The van der Waals surface area contributed by atoms with Crippen LogP contribution >= 0.6 is 0 Å². The zero-order valence-electron chi connectivity index (χ0n) is 16.9. The number of allylic oxidation sites excluding steroid dienone is 3. The highest BCUT2D eigenvalue weighted by Crippen LogP contribution is 2.44. The van der Waals surface area contributed by atoms with Gasteiger partial charge in [0, 0.05) is 33.8 Å². The van der Waals surface area contributed by atoms with Gasteiger partial charge in [-0.2, -0.15) is 0 Å². The lowest BCUT2D eigenvalue weighted by molar-refractivity contribution is -0.125. The second-order valence-corrected chi connectivity index (χ2v) is 9.60. The summed E-state index contributed by atoms with van der Waals surface area (Å²) in [5, 5.41) is 0. The number of carbonyl (C=O) groups is 1. The van der Waals surface area contributed by atoms with Crippen molar-refractivity contribution >= 4 is 33.8 Å². The lowest BCUT2D eigenvalue weighted by Gasteiger charge is -2.17. The maximum Gasteiger partial charge on any atom is 0.142 e. The van der Waals surface area contributed by atoms with E-state index in [2.05, 4.69) is 0 Å². The molecule has 2 aromatic carbocycles. The molecule has 0 heterocycles. The van der Waals surface area contributed by atoms with Crippen LogP contribution in [0.2, 0.25) is 0 Å². The third-order valence-electron chi connectivity index (χ3n) is 5.15. The molecule has 0 spiro atoms. The van der Waals surface area contributed by atoms with Crippen LogP contribution in [0.4, 0.5) is 4.39 Å². The van der Waals surface area contributed by atoms with Gasteiger partial charge in [-0.15, -0.1) is 0 Å². The minimum atomic E-state index is -1.02. The van der Waals surface area contributed by atoms with E-state index in [9.17, 15) is 13.4 Å². The predicted octanol–water partition coefficient (Wildman–Crippen LogP) is 5.90. The van der Waals surface area contributed by atoms with Crippen LogP contribution in [0.25, 0.3) is 17.2 Å². The topological polar surface area (TPSA) is 34.1 Å². The SMILES string of the molecule is CC1=C(CC(=O)C(C)(C)C)c2cc(F)ccc2/C1=C\c1ccc(S(C)=O)cc1. The molecule has 1 aliphatic rings. The monoisotopic (exact) mass is 396 g/mol. The summed E-state index contributed by atoms with van der Waals surface area (Å²) in [6.45, 7) is 7.71. The Balaban J connectivity index is 2.08. The predicted molar refractivity (Wildman–Crippen MR) is 115 cm³/mol. The smallest absolute Gasteiger partial charge is 0.142 e. The highest BCUT2D eigenvalue weighted by molar-refractivity contribution is 7.84. The minimum absolute atomic E-state index is 0.132. The van der Waals surface area contributed by atoms with Gasteiger partial charge in [0.25, 0.3) is 0 Å². The third kappa shape index (κ3) is 4.07. The van der Waals surface area contributed by atoms with Crippen LogP contribution in [0.3, 0.4) is 0 Å². The summed E-state index contributed by atoms with van der Waals surface area (Å²) in [5.41, 5.74) is 5.16. The van der Waals surface area contributed by atoms with Crippen molar-refractivity contribution in [3.63, 3.8) is 0 Å². The zero-order valence-corrected chi connectivity index (χ0v) is 17.7. The van der Waals surface area contributed by atoms with Crippen LogP contribution < -0.4 is 0 Å². The second-order valence-electron chi connectivity index (χ2n) is 8.22. The molecule has 0 aromatic heterocycles. The van der Waals surface area contributed by atoms with Crippen LogP contribution in [-0.4, -0.2) is 16.2 Å². The lowest BCUT2D eigenvalue weighted by Crippen LogP contribution is -2.20. The Morgan fingerprint density at radius 3 is 2.29 bits per heavy atom. The lowest BCUT2D eigenvalue weighted by atomic mass is 9.85. The molecule has 0 fully saturated rings. The van der Waals surface area contributed by atoms with Crippen molar-refractivity contribution in [2.75, 3.05) is 6.26 Å². The fraction of sp³-hybridized carbons (Fsp3) is 0.292. The number of halogens is 1. The fourth-order valence-electron chi connectivity index (χ4n) is 3.33. The van der Waals surface area contributed by atoms with Gasteiger partial charge in [-0.05, 0) is 70.7 Å². The van der Waals surface area contributed by atoms with Gasteiger partial charge in [0.1, 0.15) is 11.6 Å². The average Bonchev–Trinajstić information content (AvgIpc) is 2.86. The van der Waals surface area contributed by atoms with E-state index in [1.807, 2.05) is 58.0 Å². The number of hydrogen-bond donors (Lipinski definition) is 0. The van der Waals surface area contributed by atoms with E-state index in [1.54, 1.807) is 12.3 Å². The quantitative estimate of drug-likeness (QED) is 0.645. The van der Waals surface area contributed by atoms with E-state index in [4.69, 9.17) is 0 Å². The highest BCUT2D eigenvalue weighted by atomic mass is 32.2. The largest absolute Gasteiger partial charge is 0.299 e. The molecule has 28 heavy (non-hydrogen) atoms.